The Morgan fingerprint density at radius 1 is 1.29 bits per heavy atom. The van der Waals surface area contributed by atoms with Crippen LogP contribution in [0.25, 0.3) is 10.2 Å². The fourth-order valence-corrected chi connectivity index (χ4v) is 4.07. The Morgan fingerprint density at radius 2 is 2.10 bits per heavy atom. The molecular formula is C16H24N4S. The number of hydrogen-bond donors (Lipinski definition) is 1. The predicted molar refractivity (Wildman–Crippen MR) is 89.9 cm³/mol. The third-order valence-corrected chi connectivity index (χ3v) is 5.26. The van der Waals surface area contributed by atoms with Crippen molar-refractivity contribution in [2.45, 2.75) is 51.6 Å². The van der Waals surface area contributed by atoms with Crippen molar-refractivity contribution in [3.8, 4) is 0 Å². The number of nitrogens with one attached hydrogen (secondary N) is 1. The summed E-state index contributed by atoms with van der Waals surface area (Å²) < 4.78 is 0. The number of nitrogens with zero attached hydrogens (tertiary/aromatic N) is 3. The fourth-order valence-electron chi connectivity index (χ4n) is 3.29. The molecule has 1 N–H and O–H groups in total. The quantitative estimate of drug-likeness (QED) is 0.910. The molecule has 2 aromatic heterocycles. The van der Waals surface area contributed by atoms with E-state index in [1.54, 1.807) is 11.3 Å². The Morgan fingerprint density at radius 3 is 2.81 bits per heavy atom. The molecule has 0 amide bonds. The van der Waals surface area contributed by atoms with Crippen LogP contribution in [0.4, 0.5) is 5.82 Å². The standard InChI is InChI=1S/C16H24N4S/c1-3-20(12-7-5-4-6-8-12)11-14-18-15(17-2)13-9-10-21-16(13)19-14/h9-10,12H,3-8,11H2,1-2H3,(H,17,18,19). The van der Waals surface area contributed by atoms with Gasteiger partial charge in [-0.25, -0.2) is 9.97 Å². The van der Waals surface area contributed by atoms with Crippen molar-refractivity contribution in [1.29, 1.82) is 0 Å². The first-order valence-electron chi connectivity index (χ1n) is 7.97. The van der Waals surface area contributed by atoms with Gasteiger partial charge in [0, 0.05) is 13.1 Å². The van der Waals surface area contributed by atoms with Gasteiger partial charge in [-0.15, -0.1) is 11.3 Å². The summed E-state index contributed by atoms with van der Waals surface area (Å²) in [7, 11) is 1.93. The van der Waals surface area contributed by atoms with Gasteiger partial charge in [0.05, 0.1) is 11.9 Å². The zero-order chi connectivity index (χ0) is 14.7. The van der Waals surface area contributed by atoms with Gasteiger partial charge in [0.2, 0.25) is 0 Å². The summed E-state index contributed by atoms with van der Waals surface area (Å²) in [5.41, 5.74) is 0. The molecule has 0 aliphatic heterocycles. The second kappa shape index (κ2) is 6.71. The Labute approximate surface area is 130 Å². The summed E-state index contributed by atoms with van der Waals surface area (Å²) >= 11 is 1.69. The number of hydrogen-bond acceptors (Lipinski definition) is 5. The summed E-state index contributed by atoms with van der Waals surface area (Å²) in [5.74, 6) is 1.90. The summed E-state index contributed by atoms with van der Waals surface area (Å²) in [4.78, 5) is 13.1. The number of rotatable bonds is 5. The van der Waals surface area contributed by atoms with Crippen LogP contribution in [-0.4, -0.2) is 34.5 Å². The summed E-state index contributed by atoms with van der Waals surface area (Å²) in [5, 5.41) is 6.42. The number of thiophene rings is 1. The maximum absolute atomic E-state index is 4.75. The smallest absolute Gasteiger partial charge is 0.146 e. The molecule has 2 aromatic rings. The SMILES string of the molecule is CCN(Cc1nc(NC)c2ccsc2n1)C1CCCCC1. The molecule has 0 atom stereocenters. The molecule has 4 nitrogen and oxygen atoms in total. The first-order valence-corrected chi connectivity index (χ1v) is 8.85. The largest absolute Gasteiger partial charge is 0.372 e. The monoisotopic (exact) mass is 304 g/mol. The molecule has 114 valence electrons. The zero-order valence-corrected chi connectivity index (χ0v) is 13.7. The molecule has 2 heterocycles. The highest BCUT2D eigenvalue weighted by Crippen LogP contribution is 2.27. The van der Waals surface area contributed by atoms with E-state index in [-0.39, 0.29) is 0 Å². The van der Waals surface area contributed by atoms with Crippen LogP contribution in [-0.2, 0) is 6.54 Å². The first-order chi connectivity index (χ1) is 10.3. The molecule has 0 bridgehead atoms. The van der Waals surface area contributed by atoms with Gasteiger partial charge in [-0.2, -0.15) is 0 Å². The number of aromatic nitrogens is 2. The van der Waals surface area contributed by atoms with Crippen LogP contribution in [0.15, 0.2) is 11.4 Å². The van der Waals surface area contributed by atoms with Crippen LogP contribution >= 0.6 is 11.3 Å². The Balaban J connectivity index is 1.81. The molecule has 5 heteroatoms. The van der Waals surface area contributed by atoms with Crippen molar-refractivity contribution >= 4 is 27.4 Å². The van der Waals surface area contributed by atoms with E-state index in [4.69, 9.17) is 9.97 Å². The summed E-state index contributed by atoms with van der Waals surface area (Å²) in [6.45, 7) is 4.19. The van der Waals surface area contributed by atoms with Gasteiger partial charge in [0.1, 0.15) is 16.5 Å². The highest BCUT2D eigenvalue weighted by atomic mass is 32.1. The second-order valence-corrected chi connectivity index (χ2v) is 6.63. The van der Waals surface area contributed by atoms with Crippen molar-refractivity contribution in [1.82, 2.24) is 14.9 Å². The lowest BCUT2D eigenvalue weighted by Crippen LogP contribution is -2.36. The zero-order valence-electron chi connectivity index (χ0n) is 12.9. The minimum atomic E-state index is 0.712. The molecular weight excluding hydrogens is 280 g/mol. The highest BCUT2D eigenvalue weighted by molar-refractivity contribution is 7.16. The molecule has 0 spiro atoms. The van der Waals surface area contributed by atoms with E-state index in [1.807, 2.05) is 7.05 Å². The number of anilines is 1. The molecule has 0 radical (unpaired) electrons. The van der Waals surface area contributed by atoms with E-state index >= 15 is 0 Å². The molecule has 0 unspecified atom stereocenters. The average molecular weight is 304 g/mol. The van der Waals surface area contributed by atoms with E-state index in [0.717, 1.165) is 34.9 Å². The fraction of sp³-hybridized carbons (Fsp3) is 0.625. The summed E-state index contributed by atoms with van der Waals surface area (Å²) in [6.07, 6.45) is 6.79. The van der Waals surface area contributed by atoms with E-state index in [2.05, 4.69) is 28.6 Å². The third-order valence-electron chi connectivity index (χ3n) is 4.45. The number of fused-ring (bicyclic) bond motifs is 1. The molecule has 1 fully saturated rings. The molecule has 1 saturated carbocycles. The minimum Gasteiger partial charge on any atom is -0.372 e. The topological polar surface area (TPSA) is 41.1 Å². The van der Waals surface area contributed by atoms with E-state index in [1.165, 1.54) is 32.1 Å². The Bertz CT molecular complexity index is 589. The lowest BCUT2D eigenvalue weighted by atomic mass is 9.94. The van der Waals surface area contributed by atoms with Gasteiger partial charge in [-0.3, -0.25) is 4.90 Å². The van der Waals surface area contributed by atoms with Crippen LogP contribution in [0.2, 0.25) is 0 Å². The molecule has 1 aliphatic carbocycles. The van der Waals surface area contributed by atoms with Gasteiger partial charge in [-0.05, 0) is 30.8 Å². The van der Waals surface area contributed by atoms with Gasteiger partial charge in [0.25, 0.3) is 0 Å². The molecule has 3 rings (SSSR count). The van der Waals surface area contributed by atoms with Crippen molar-refractivity contribution in [2.75, 3.05) is 18.9 Å². The molecule has 1 aliphatic rings. The predicted octanol–water partition coefficient (Wildman–Crippen LogP) is 3.89. The van der Waals surface area contributed by atoms with Gasteiger partial charge < -0.3 is 5.32 Å². The van der Waals surface area contributed by atoms with E-state index in [9.17, 15) is 0 Å². The molecule has 0 aromatic carbocycles. The van der Waals surface area contributed by atoms with Crippen LogP contribution < -0.4 is 5.32 Å². The second-order valence-electron chi connectivity index (χ2n) is 5.73. The Kier molecular flexibility index (Phi) is 4.70. The van der Waals surface area contributed by atoms with Crippen LogP contribution in [0.3, 0.4) is 0 Å². The molecule has 21 heavy (non-hydrogen) atoms. The lowest BCUT2D eigenvalue weighted by Gasteiger charge is -2.33. The van der Waals surface area contributed by atoms with E-state index < -0.39 is 0 Å². The third kappa shape index (κ3) is 3.19. The Hall–Kier alpha value is -1.20. The normalized spacial score (nSPS) is 16.7. The van der Waals surface area contributed by atoms with Gasteiger partial charge >= 0.3 is 0 Å². The van der Waals surface area contributed by atoms with Crippen molar-refractivity contribution in [2.24, 2.45) is 0 Å². The van der Waals surface area contributed by atoms with Crippen LogP contribution in [0, 0.1) is 0 Å². The average Bonchev–Trinajstić information content (AvgIpc) is 3.01. The van der Waals surface area contributed by atoms with Crippen LogP contribution in [0.1, 0.15) is 44.9 Å². The van der Waals surface area contributed by atoms with Gasteiger partial charge in [-0.1, -0.05) is 26.2 Å². The maximum Gasteiger partial charge on any atom is 0.146 e. The summed E-state index contributed by atoms with van der Waals surface area (Å²) in [6, 6.07) is 2.80. The lowest BCUT2D eigenvalue weighted by molar-refractivity contribution is 0.152. The van der Waals surface area contributed by atoms with Crippen LogP contribution in [0.5, 0.6) is 0 Å². The van der Waals surface area contributed by atoms with Crippen molar-refractivity contribution in [3.63, 3.8) is 0 Å². The maximum atomic E-state index is 4.75. The minimum absolute atomic E-state index is 0.712. The van der Waals surface area contributed by atoms with Crippen molar-refractivity contribution in [3.05, 3.63) is 17.3 Å². The van der Waals surface area contributed by atoms with E-state index in [0.29, 0.717) is 6.04 Å². The van der Waals surface area contributed by atoms with Crippen molar-refractivity contribution < 1.29 is 0 Å². The van der Waals surface area contributed by atoms with Gasteiger partial charge in [0.15, 0.2) is 0 Å². The first kappa shape index (κ1) is 14.7. The highest BCUT2D eigenvalue weighted by Gasteiger charge is 2.21. The molecule has 0 saturated heterocycles.